The Morgan fingerprint density at radius 2 is 1.83 bits per heavy atom. The summed E-state index contributed by atoms with van der Waals surface area (Å²) in [5.41, 5.74) is -0.458. The summed E-state index contributed by atoms with van der Waals surface area (Å²) in [4.78, 5) is 23.4. The number of piperidine rings is 1. The summed E-state index contributed by atoms with van der Waals surface area (Å²) >= 11 is 0. The lowest BCUT2D eigenvalue weighted by molar-refractivity contribution is -0.137. The molecule has 1 aliphatic heterocycles. The SMILES string of the molecule is COc1cc2c(Nc3ccc(NC(=O)c4cccc(C(F)(F)F)c4)cc3F)ncnc2cc1OCC1CCN(C)CC1. The van der Waals surface area contributed by atoms with Crippen LogP contribution in [-0.4, -0.2) is 54.6 Å². The van der Waals surface area contributed by atoms with Crippen LogP contribution in [0.15, 0.2) is 60.9 Å². The van der Waals surface area contributed by atoms with Crippen molar-refractivity contribution < 1.29 is 31.8 Å². The first-order chi connectivity index (χ1) is 20.1. The van der Waals surface area contributed by atoms with Gasteiger partial charge < -0.3 is 25.0 Å². The molecule has 1 fully saturated rings. The summed E-state index contributed by atoms with van der Waals surface area (Å²) in [6.45, 7) is 2.63. The van der Waals surface area contributed by atoms with E-state index in [1.807, 2.05) is 0 Å². The highest BCUT2D eigenvalue weighted by molar-refractivity contribution is 6.04. The average Bonchev–Trinajstić information content (AvgIpc) is 2.97. The van der Waals surface area contributed by atoms with E-state index >= 15 is 4.39 Å². The minimum atomic E-state index is -4.59. The number of amides is 1. The maximum atomic E-state index is 15.1. The Morgan fingerprint density at radius 1 is 1.05 bits per heavy atom. The van der Waals surface area contributed by atoms with Gasteiger partial charge in [-0.1, -0.05) is 6.07 Å². The third kappa shape index (κ3) is 6.71. The molecule has 0 saturated carbocycles. The first kappa shape index (κ1) is 29.1. The Bertz CT molecular complexity index is 1590. The van der Waals surface area contributed by atoms with Crippen molar-refractivity contribution in [2.45, 2.75) is 19.0 Å². The third-order valence-electron chi connectivity index (χ3n) is 7.17. The first-order valence-corrected chi connectivity index (χ1v) is 13.3. The van der Waals surface area contributed by atoms with Crippen LogP contribution >= 0.6 is 0 Å². The number of carbonyl (C=O) groups is 1. The lowest BCUT2D eigenvalue weighted by Crippen LogP contribution is -2.32. The van der Waals surface area contributed by atoms with Crippen LogP contribution in [0.5, 0.6) is 11.5 Å². The van der Waals surface area contributed by atoms with Crippen molar-refractivity contribution >= 4 is 34.0 Å². The molecule has 8 nitrogen and oxygen atoms in total. The van der Waals surface area contributed by atoms with E-state index < -0.39 is 23.5 Å². The molecule has 3 aromatic carbocycles. The number of methoxy groups -OCH3 is 1. The van der Waals surface area contributed by atoms with Crippen LogP contribution in [0.4, 0.5) is 34.8 Å². The van der Waals surface area contributed by atoms with Gasteiger partial charge >= 0.3 is 6.18 Å². The number of carbonyl (C=O) groups excluding carboxylic acids is 1. The van der Waals surface area contributed by atoms with Crippen molar-refractivity contribution in [3.05, 3.63) is 77.9 Å². The summed E-state index contributed by atoms with van der Waals surface area (Å²) in [5, 5.41) is 5.94. The van der Waals surface area contributed by atoms with Gasteiger partial charge in [0.15, 0.2) is 11.5 Å². The van der Waals surface area contributed by atoms with Crippen molar-refractivity contribution in [1.82, 2.24) is 14.9 Å². The van der Waals surface area contributed by atoms with Crippen LogP contribution in [0, 0.1) is 11.7 Å². The van der Waals surface area contributed by atoms with Gasteiger partial charge in [0.1, 0.15) is 18.0 Å². The number of anilines is 3. The molecule has 220 valence electrons. The van der Waals surface area contributed by atoms with Crippen LogP contribution in [0.1, 0.15) is 28.8 Å². The topological polar surface area (TPSA) is 88.6 Å². The van der Waals surface area contributed by atoms with Crippen molar-refractivity contribution in [3.8, 4) is 11.5 Å². The number of halogens is 4. The molecule has 1 aromatic heterocycles. The number of nitrogens with zero attached hydrogens (tertiary/aromatic N) is 3. The number of alkyl halides is 3. The molecule has 4 aromatic rings. The van der Waals surface area contributed by atoms with E-state index in [-0.39, 0.29) is 16.9 Å². The molecule has 1 amide bonds. The van der Waals surface area contributed by atoms with Gasteiger partial charge in [-0.2, -0.15) is 13.2 Å². The fourth-order valence-corrected chi connectivity index (χ4v) is 4.73. The number of likely N-dealkylation sites (tertiary alicyclic amines) is 1. The van der Waals surface area contributed by atoms with Crippen molar-refractivity contribution in [2.75, 3.05) is 44.5 Å². The number of rotatable bonds is 8. The molecular weight excluding hydrogens is 554 g/mol. The van der Waals surface area contributed by atoms with E-state index in [1.54, 1.807) is 12.1 Å². The Hall–Kier alpha value is -4.45. The average molecular weight is 584 g/mol. The second-order valence-corrected chi connectivity index (χ2v) is 10.2. The highest BCUT2D eigenvalue weighted by Gasteiger charge is 2.31. The van der Waals surface area contributed by atoms with E-state index in [0.717, 1.165) is 50.2 Å². The number of fused-ring (bicyclic) bond motifs is 1. The number of benzene rings is 3. The molecule has 0 spiro atoms. The van der Waals surface area contributed by atoms with E-state index in [1.165, 1.54) is 31.6 Å². The summed E-state index contributed by atoms with van der Waals surface area (Å²) in [6, 6.07) is 11.4. The van der Waals surface area contributed by atoms with Crippen LogP contribution in [-0.2, 0) is 6.18 Å². The largest absolute Gasteiger partial charge is 0.493 e. The molecule has 2 N–H and O–H groups in total. The molecule has 1 saturated heterocycles. The van der Waals surface area contributed by atoms with Crippen molar-refractivity contribution in [2.24, 2.45) is 5.92 Å². The number of aromatic nitrogens is 2. The molecule has 0 bridgehead atoms. The summed E-state index contributed by atoms with van der Waals surface area (Å²) in [5.74, 6) is 0.296. The normalized spacial score (nSPS) is 14.5. The minimum Gasteiger partial charge on any atom is -0.493 e. The lowest BCUT2D eigenvalue weighted by Gasteiger charge is -2.28. The Morgan fingerprint density at radius 3 is 2.55 bits per heavy atom. The molecule has 2 heterocycles. The lowest BCUT2D eigenvalue weighted by atomic mass is 9.98. The van der Waals surface area contributed by atoms with Gasteiger partial charge in [0.25, 0.3) is 5.91 Å². The molecule has 12 heteroatoms. The molecule has 0 radical (unpaired) electrons. The van der Waals surface area contributed by atoms with Crippen LogP contribution in [0.25, 0.3) is 10.9 Å². The van der Waals surface area contributed by atoms with E-state index in [9.17, 15) is 18.0 Å². The summed E-state index contributed by atoms with van der Waals surface area (Å²) < 4.78 is 65.7. The standard InChI is InChI=1S/C30H29F4N5O3/c1-39-10-8-18(9-11-39)16-42-27-15-25-22(14-26(27)41-2)28(36-17-35-25)38-24-7-6-21(13-23(24)31)37-29(40)19-4-3-5-20(12-19)30(32,33)34/h3-7,12-15,17-18H,8-11,16H2,1-2H3,(H,37,40)(H,35,36,38). The van der Waals surface area contributed by atoms with Gasteiger partial charge in [0.05, 0.1) is 30.5 Å². The first-order valence-electron chi connectivity index (χ1n) is 13.3. The van der Waals surface area contributed by atoms with Crippen molar-refractivity contribution in [1.29, 1.82) is 0 Å². The van der Waals surface area contributed by atoms with Gasteiger partial charge in [-0.25, -0.2) is 14.4 Å². The fraction of sp³-hybridized carbons (Fsp3) is 0.300. The smallest absolute Gasteiger partial charge is 0.416 e. The maximum absolute atomic E-state index is 15.1. The Labute approximate surface area is 239 Å². The zero-order valence-corrected chi connectivity index (χ0v) is 23.0. The van der Waals surface area contributed by atoms with Crippen LogP contribution < -0.4 is 20.1 Å². The van der Waals surface area contributed by atoms with E-state index in [2.05, 4.69) is 32.5 Å². The molecule has 0 aliphatic carbocycles. The molecule has 0 unspecified atom stereocenters. The third-order valence-corrected chi connectivity index (χ3v) is 7.17. The highest BCUT2D eigenvalue weighted by atomic mass is 19.4. The summed E-state index contributed by atoms with van der Waals surface area (Å²) in [7, 11) is 3.64. The molecule has 0 atom stereocenters. The quantitative estimate of drug-likeness (QED) is 0.229. The van der Waals surface area contributed by atoms with Gasteiger partial charge in [0.2, 0.25) is 0 Å². The Balaban J connectivity index is 1.31. The van der Waals surface area contributed by atoms with Gasteiger partial charge in [0, 0.05) is 22.7 Å². The molecular formula is C30H29F4N5O3. The molecule has 42 heavy (non-hydrogen) atoms. The Kier molecular flexibility index (Phi) is 8.44. The van der Waals surface area contributed by atoms with Gasteiger partial charge in [-0.3, -0.25) is 4.79 Å². The van der Waals surface area contributed by atoms with Crippen LogP contribution in [0.3, 0.4) is 0 Å². The number of hydrogen-bond acceptors (Lipinski definition) is 7. The predicted molar refractivity (Wildman–Crippen MR) is 151 cm³/mol. The fourth-order valence-electron chi connectivity index (χ4n) is 4.73. The summed E-state index contributed by atoms with van der Waals surface area (Å²) in [6.07, 6.45) is -1.13. The van der Waals surface area contributed by atoms with E-state index in [0.29, 0.717) is 40.7 Å². The number of nitrogens with one attached hydrogen (secondary N) is 2. The van der Waals surface area contributed by atoms with Gasteiger partial charge in [-0.15, -0.1) is 0 Å². The number of hydrogen-bond donors (Lipinski definition) is 2. The zero-order chi connectivity index (χ0) is 29.9. The van der Waals surface area contributed by atoms with Crippen LogP contribution in [0.2, 0.25) is 0 Å². The monoisotopic (exact) mass is 583 g/mol. The minimum absolute atomic E-state index is 0.0635. The molecule has 1 aliphatic rings. The van der Waals surface area contributed by atoms with Gasteiger partial charge in [-0.05, 0) is 81.4 Å². The van der Waals surface area contributed by atoms with E-state index in [4.69, 9.17) is 9.47 Å². The van der Waals surface area contributed by atoms with Crippen molar-refractivity contribution in [3.63, 3.8) is 0 Å². The molecule has 5 rings (SSSR count). The zero-order valence-electron chi connectivity index (χ0n) is 23.0. The second kappa shape index (κ2) is 12.2. The predicted octanol–water partition coefficient (Wildman–Crippen LogP) is 6.51. The number of ether oxygens (including phenoxy) is 2. The second-order valence-electron chi connectivity index (χ2n) is 10.2. The maximum Gasteiger partial charge on any atom is 0.416 e. The highest BCUT2D eigenvalue weighted by Crippen LogP contribution is 2.36.